The van der Waals surface area contributed by atoms with Gasteiger partial charge >= 0.3 is 0 Å². The van der Waals surface area contributed by atoms with Gasteiger partial charge in [0.25, 0.3) is 5.91 Å². The molecule has 3 aliphatic rings. The number of amides is 1. The zero-order chi connectivity index (χ0) is 15.1. The number of aliphatic hydroxyl groups excluding tert-OH is 1. The van der Waals surface area contributed by atoms with Crippen LogP contribution in [0.4, 0.5) is 0 Å². The van der Waals surface area contributed by atoms with Crippen LogP contribution in [0.15, 0.2) is 12.3 Å². The van der Waals surface area contributed by atoms with Gasteiger partial charge in [0.05, 0.1) is 6.04 Å². The fraction of sp³-hybridized carbons (Fsp3) is 0.765. The molecule has 1 aromatic heterocycles. The molecule has 3 fully saturated rings. The van der Waals surface area contributed by atoms with Crippen LogP contribution in [0.5, 0.6) is 0 Å². The summed E-state index contributed by atoms with van der Waals surface area (Å²) in [4.78, 5) is 12.5. The van der Waals surface area contributed by atoms with Crippen molar-refractivity contribution in [2.45, 2.75) is 57.0 Å². The first-order chi connectivity index (χ1) is 10.8. The number of hydrogen-bond donors (Lipinski definition) is 2. The van der Waals surface area contributed by atoms with E-state index in [1.54, 1.807) is 0 Å². The Balaban J connectivity index is 1.43. The molecule has 4 atom stereocenters. The van der Waals surface area contributed by atoms with Crippen LogP contribution in [-0.4, -0.2) is 33.4 Å². The predicted molar refractivity (Wildman–Crippen MR) is 82.4 cm³/mol. The van der Waals surface area contributed by atoms with E-state index in [1.165, 1.54) is 38.5 Å². The molecule has 5 nitrogen and oxygen atoms in total. The molecule has 2 N–H and O–H groups in total. The van der Waals surface area contributed by atoms with E-state index in [0.717, 1.165) is 6.42 Å². The summed E-state index contributed by atoms with van der Waals surface area (Å²) in [5, 5.41) is 17.3. The molecular formula is C17H25N3O2. The maximum atomic E-state index is 12.5. The van der Waals surface area contributed by atoms with E-state index in [-0.39, 0.29) is 24.5 Å². The van der Waals surface area contributed by atoms with Gasteiger partial charge in [0, 0.05) is 24.8 Å². The second kappa shape index (κ2) is 5.69. The second-order valence-corrected chi connectivity index (χ2v) is 7.30. The van der Waals surface area contributed by atoms with Gasteiger partial charge in [-0.25, -0.2) is 0 Å². The lowest BCUT2D eigenvalue weighted by atomic mass is 9.85. The zero-order valence-electron chi connectivity index (χ0n) is 12.9. The largest absolute Gasteiger partial charge is 0.396 e. The SMILES string of the molecule is O=C(NC1C2CCC(C2)C1CO)c1ccn(C2CCCC2)n1. The Bertz CT molecular complexity index is 550. The molecule has 0 radical (unpaired) electrons. The normalized spacial score (nSPS) is 34.4. The number of aliphatic hydroxyl groups is 1. The summed E-state index contributed by atoms with van der Waals surface area (Å²) < 4.78 is 1.96. The average molecular weight is 303 g/mol. The summed E-state index contributed by atoms with van der Waals surface area (Å²) in [5.41, 5.74) is 0.520. The first-order valence-corrected chi connectivity index (χ1v) is 8.73. The Morgan fingerprint density at radius 2 is 2.05 bits per heavy atom. The number of nitrogens with one attached hydrogen (secondary N) is 1. The van der Waals surface area contributed by atoms with Crippen LogP contribution in [0, 0.1) is 17.8 Å². The van der Waals surface area contributed by atoms with Gasteiger partial charge in [-0.05, 0) is 50.0 Å². The summed E-state index contributed by atoms with van der Waals surface area (Å²) in [5.74, 6) is 1.30. The van der Waals surface area contributed by atoms with Crippen LogP contribution < -0.4 is 5.32 Å². The molecule has 120 valence electrons. The number of carbonyl (C=O) groups excluding carboxylic acids is 1. The van der Waals surface area contributed by atoms with Gasteiger partial charge < -0.3 is 10.4 Å². The number of fused-ring (bicyclic) bond motifs is 2. The molecule has 3 saturated carbocycles. The monoisotopic (exact) mass is 303 g/mol. The van der Waals surface area contributed by atoms with Crippen LogP contribution in [-0.2, 0) is 0 Å². The van der Waals surface area contributed by atoms with E-state index >= 15 is 0 Å². The van der Waals surface area contributed by atoms with Crippen molar-refractivity contribution < 1.29 is 9.90 Å². The van der Waals surface area contributed by atoms with Crippen LogP contribution in [0.1, 0.15) is 61.5 Å². The quantitative estimate of drug-likeness (QED) is 0.895. The van der Waals surface area contributed by atoms with Gasteiger partial charge in [0.1, 0.15) is 5.69 Å². The molecule has 0 aliphatic heterocycles. The number of aromatic nitrogens is 2. The minimum absolute atomic E-state index is 0.0762. The Morgan fingerprint density at radius 3 is 2.82 bits per heavy atom. The molecule has 1 heterocycles. The van der Waals surface area contributed by atoms with E-state index in [4.69, 9.17) is 0 Å². The number of hydrogen-bond acceptors (Lipinski definition) is 3. The van der Waals surface area contributed by atoms with Crippen molar-refractivity contribution in [2.24, 2.45) is 17.8 Å². The maximum absolute atomic E-state index is 12.5. The molecule has 3 aliphatic carbocycles. The maximum Gasteiger partial charge on any atom is 0.272 e. The molecule has 22 heavy (non-hydrogen) atoms. The Kier molecular flexibility index (Phi) is 3.68. The Hall–Kier alpha value is -1.36. The molecule has 0 spiro atoms. The Morgan fingerprint density at radius 1 is 1.27 bits per heavy atom. The van der Waals surface area contributed by atoms with Gasteiger partial charge in [-0.3, -0.25) is 9.48 Å². The average Bonchev–Trinajstić information content (AvgIpc) is 3.28. The molecule has 1 aromatic rings. The van der Waals surface area contributed by atoms with E-state index in [2.05, 4.69) is 10.4 Å². The van der Waals surface area contributed by atoms with Crippen molar-refractivity contribution in [1.29, 1.82) is 0 Å². The lowest BCUT2D eigenvalue weighted by Gasteiger charge is -2.30. The van der Waals surface area contributed by atoms with Crippen molar-refractivity contribution >= 4 is 5.91 Å². The van der Waals surface area contributed by atoms with E-state index in [9.17, 15) is 9.90 Å². The molecule has 1 amide bonds. The van der Waals surface area contributed by atoms with E-state index < -0.39 is 0 Å². The van der Waals surface area contributed by atoms with Gasteiger partial charge in [0.15, 0.2) is 0 Å². The van der Waals surface area contributed by atoms with Crippen molar-refractivity contribution in [2.75, 3.05) is 6.61 Å². The van der Waals surface area contributed by atoms with Crippen LogP contribution in [0.2, 0.25) is 0 Å². The fourth-order valence-corrected chi connectivity index (χ4v) is 4.95. The highest BCUT2D eigenvalue weighted by atomic mass is 16.3. The minimum atomic E-state index is -0.0762. The highest BCUT2D eigenvalue weighted by molar-refractivity contribution is 5.92. The minimum Gasteiger partial charge on any atom is -0.396 e. The molecule has 2 bridgehead atoms. The van der Waals surface area contributed by atoms with Gasteiger partial charge in [-0.1, -0.05) is 12.8 Å². The summed E-state index contributed by atoms with van der Waals surface area (Å²) in [6.07, 6.45) is 10.3. The fourth-order valence-electron chi connectivity index (χ4n) is 4.95. The van der Waals surface area contributed by atoms with Crippen LogP contribution in [0.25, 0.3) is 0 Å². The highest BCUT2D eigenvalue weighted by Gasteiger charge is 2.47. The molecule has 4 unspecified atom stereocenters. The summed E-state index contributed by atoms with van der Waals surface area (Å²) in [7, 11) is 0. The van der Waals surface area contributed by atoms with E-state index in [1.807, 2.05) is 16.9 Å². The lowest BCUT2D eigenvalue weighted by Crippen LogP contribution is -2.45. The molecule has 4 rings (SSSR count). The summed E-state index contributed by atoms with van der Waals surface area (Å²) in [6.45, 7) is 0.183. The molecule has 0 saturated heterocycles. The van der Waals surface area contributed by atoms with Gasteiger partial charge in [0.2, 0.25) is 0 Å². The zero-order valence-corrected chi connectivity index (χ0v) is 12.9. The third-order valence-corrected chi connectivity index (χ3v) is 6.14. The Labute approximate surface area is 131 Å². The standard InChI is InChI=1S/C17H25N3O2/c21-10-14-11-5-6-12(9-11)16(14)18-17(22)15-7-8-20(19-15)13-3-1-2-4-13/h7-8,11-14,16,21H,1-6,9-10H2,(H,18,22). The van der Waals surface area contributed by atoms with Crippen molar-refractivity contribution in [3.8, 4) is 0 Å². The first-order valence-electron chi connectivity index (χ1n) is 8.73. The van der Waals surface area contributed by atoms with Crippen molar-refractivity contribution in [3.63, 3.8) is 0 Å². The van der Waals surface area contributed by atoms with Crippen LogP contribution in [0.3, 0.4) is 0 Å². The number of nitrogens with zero attached hydrogens (tertiary/aromatic N) is 2. The second-order valence-electron chi connectivity index (χ2n) is 7.30. The van der Waals surface area contributed by atoms with Crippen molar-refractivity contribution in [1.82, 2.24) is 15.1 Å². The smallest absolute Gasteiger partial charge is 0.272 e. The highest BCUT2D eigenvalue weighted by Crippen LogP contribution is 2.48. The first kappa shape index (κ1) is 14.2. The van der Waals surface area contributed by atoms with E-state index in [0.29, 0.717) is 23.6 Å². The number of carbonyl (C=O) groups is 1. The molecular weight excluding hydrogens is 278 g/mol. The molecule has 0 aromatic carbocycles. The van der Waals surface area contributed by atoms with Gasteiger partial charge in [-0.2, -0.15) is 5.10 Å². The topological polar surface area (TPSA) is 67.2 Å². The lowest BCUT2D eigenvalue weighted by molar-refractivity contribution is 0.0855. The number of rotatable bonds is 4. The summed E-state index contributed by atoms with van der Waals surface area (Å²) >= 11 is 0. The van der Waals surface area contributed by atoms with Crippen molar-refractivity contribution in [3.05, 3.63) is 18.0 Å². The third kappa shape index (κ3) is 2.35. The predicted octanol–water partition coefficient (Wildman–Crippen LogP) is 2.13. The molecule has 5 heteroatoms. The van der Waals surface area contributed by atoms with Crippen LogP contribution >= 0.6 is 0 Å². The van der Waals surface area contributed by atoms with Gasteiger partial charge in [-0.15, -0.1) is 0 Å². The summed E-state index contributed by atoms with van der Waals surface area (Å²) in [6, 6.07) is 2.43. The third-order valence-electron chi connectivity index (χ3n) is 6.14.